The molecule has 1 aromatic carbocycles. The van der Waals surface area contributed by atoms with Gasteiger partial charge in [-0.05, 0) is 37.6 Å². The number of ether oxygens (including phenoxy) is 1. The standard InChI is InChI=1S/C16H22N2O10S3/c1-12(2)15(19)17-11-27-16(20)13-5-7-14(8-6-13)28-31(25,26)10-4-9-30(23,24)18-29(3,21)22/h5-8,18H,1,4,9-11H2,2-3H3,(H,17,19). The molecular formula is C16H22N2O10S3. The third-order valence-corrected chi connectivity index (χ3v) is 7.51. The molecule has 2 N–H and O–H groups in total. The number of benzene rings is 1. The summed E-state index contributed by atoms with van der Waals surface area (Å²) in [5, 5.41) is 2.30. The summed E-state index contributed by atoms with van der Waals surface area (Å²) in [7, 11) is -12.4. The minimum absolute atomic E-state index is 0.0623. The first kappa shape index (κ1) is 26.5. The van der Waals surface area contributed by atoms with E-state index in [-0.39, 0.29) is 23.6 Å². The highest BCUT2D eigenvalue weighted by Gasteiger charge is 2.20. The molecule has 0 unspecified atom stereocenters. The highest BCUT2D eigenvalue weighted by molar-refractivity contribution is 8.04. The molecule has 0 aliphatic rings. The fourth-order valence-corrected chi connectivity index (χ4v) is 5.81. The maximum atomic E-state index is 12.0. The van der Waals surface area contributed by atoms with Crippen LogP contribution in [0, 0.1) is 0 Å². The molecule has 0 atom stereocenters. The van der Waals surface area contributed by atoms with Gasteiger partial charge in [-0.15, -0.1) is 4.13 Å². The van der Waals surface area contributed by atoms with E-state index in [9.17, 15) is 34.8 Å². The first-order valence-electron chi connectivity index (χ1n) is 8.44. The van der Waals surface area contributed by atoms with Gasteiger partial charge in [-0.25, -0.2) is 21.6 Å². The van der Waals surface area contributed by atoms with E-state index in [1.807, 2.05) is 0 Å². The van der Waals surface area contributed by atoms with Gasteiger partial charge in [0.05, 0.1) is 23.3 Å². The SMILES string of the molecule is C=C(C)C(=O)NCOC(=O)c1ccc(OS(=O)(=O)CCCS(=O)(=O)NS(C)(=O)=O)cc1. The fraction of sp³-hybridized carbons (Fsp3) is 0.375. The summed E-state index contributed by atoms with van der Waals surface area (Å²) >= 11 is 0. The number of sulfonamides is 2. The molecule has 1 rings (SSSR count). The van der Waals surface area contributed by atoms with Crippen molar-refractivity contribution in [1.29, 1.82) is 0 Å². The molecule has 0 saturated heterocycles. The summed E-state index contributed by atoms with van der Waals surface area (Å²) in [5.74, 6) is -2.83. The van der Waals surface area contributed by atoms with E-state index < -0.39 is 60.0 Å². The Hall–Kier alpha value is -2.49. The average Bonchev–Trinajstić information content (AvgIpc) is 2.59. The van der Waals surface area contributed by atoms with Crippen LogP contribution in [0.2, 0.25) is 0 Å². The zero-order valence-corrected chi connectivity index (χ0v) is 19.1. The second kappa shape index (κ2) is 10.7. The van der Waals surface area contributed by atoms with Crippen molar-refractivity contribution in [3.8, 4) is 5.75 Å². The van der Waals surface area contributed by atoms with Crippen LogP contribution in [0.4, 0.5) is 0 Å². The van der Waals surface area contributed by atoms with E-state index in [1.165, 1.54) is 35.3 Å². The summed E-state index contributed by atoms with van der Waals surface area (Å²) in [6.45, 7) is 4.52. The molecule has 0 spiro atoms. The molecule has 0 aliphatic heterocycles. The number of nitrogens with one attached hydrogen (secondary N) is 2. The van der Waals surface area contributed by atoms with E-state index in [4.69, 9.17) is 8.92 Å². The van der Waals surface area contributed by atoms with Crippen molar-refractivity contribution in [2.45, 2.75) is 13.3 Å². The van der Waals surface area contributed by atoms with E-state index in [0.29, 0.717) is 6.26 Å². The van der Waals surface area contributed by atoms with Gasteiger partial charge in [-0.1, -0.05) is 6.58 Å². The predicted octanol–water partition coefficient (Wildman–Crippen LogP) is -0.529. The van der Waals surface area contributed by atoms with Crippen LogP contribution >= 0.6 is 0 Å². The van der Waals surface area contributed by atoms with Gasteiger partial charge < -0.3 is 14.2 Å². The van der Waals surface area contributed by atoms with Gasteiger partial charge in [0, 0.05) is 5.57 Å². The minimum atomic E-state index is -4.21. The molecule has 12 nitrogen and oxygen atoms in total. The van der Waals surface area contributed by atoms with Crippen LogP contribution in [0.3, 0.4) is 0 Å². The molecule has 31 heavy (non-hydrogen) atoms. The largest absolute Gasteiger partial charge is 0.441 e. The molecule has 0 bridgehead atoms. The maximum absolute atomic E-state index is 12.0. The van der Waals surface area contributed by atoms with Crippen molar-refractivity contribution in [2.75, 3.05) is 24.5 Å². The van der Waals surface area contributed by atoms with Gasteiger partial charge in [-0.2, -0.15) is 8.42 Å². The summed E-state index contributed by atoms with van der Waals surface area (Å²) in [4.78, 5) is 23.2. The van der Waals surface area contributed by atoms with E-state index in [0.717, 1.165) is 0 Å². The Morgan fingerprint density at radius 2 is 1.58 bits per heavy atom. The summed E-state index contributed by atoms with van der Waals surface area (Å²) in [6, 6.07) is 4.83. The van der Waals surface area contributed by atoms with Crippen molar-refractivity contribution in [3.05, 3.63) is 42.0 Å². The Kier molecular flexibility index (Phi) is 9.16. The third kappa shape index (κ3) is 10.9. The molecule has 15 heteroatoms. The number of rotatable bonds is 12. The maximum Gasteiger partial charge on any atom is 0.339 e. The Morgan fingerprint density at radius 1 is 1.00 bits per heavy atom. The van der Waals surface area contributed by atoms with Crippen molar-refractivity contribution in [3.63, 3.8) is 0 Å². The Balaban J connectivity index is 2.58. The molecule has 0 fully saturated rings. The average molecular weight is 499 g/mol. The molecule has 1 amide bonds. The smallest absolute Gasteiger partial charge is 0.339 e. The van der Waals surface area contributed by atoms with Crippen molar-refractivity contribution >= 4 is 42.0 Å². The number of carbonyl (C=O) groups excluding carboxylic acids is 2. The first-order chi connectivity index (χ1) is 14.1. The zero-order chi connectivity index (χ0) is 23.9. The lowest BCUT2D eigenvalue weighted by molar-refractivity contribution is -0.118. The van der Waals surface area contributed by atoms with Crippen LogP contribution < -0.4 is 13.6 Å². The number of hydrogen-bond donors (Lipinski definition) is 2. The summed E-state index contributed by atoms with van der Waals surface area (Å²) < 4.78 is 79.9. The third-order valence-electron chi connectivity index (χ3n) is 3.22. The van der Waals surface area contributed by atoms with Gasteiger partial charge in [0.2, 0.25) is 26.0 Å². The number of hydrogen-bond acceptors (Lipinski definition) is 10. The highest BCUT2D eigenvalue weighted by atomic mass is 32.3. The van der Waals surface area contributed by atoms with Crippen molar-refractivity contribution < 1.29 is 43.8 Å². The molecular weight excluding hydrogens is 476 g/mol. The molecule has 174 valence electrons. The summed E-state index contributed by atoms with van der Waals surface area (Å²) in [6.07, 6.45) is 0.246. The normalized spacial score (nSPS) is 12.1. The van der Waals surface area contributed by atoms with E-state index >= 15 is 0 Å². The number of amides is 1. The van der Waals surface area contributed by atoms with Gasteiger partial charge in [0.25, 0.3) is 0 Å². The van der Waals surface area contributed by atoms with Crippen LogP contribution in [0.1, 0.15) is 23.7 Å². The molecule has 0 aromatic heterocycles. The van der Waals surface area contributed by atoms with Crippen LogP contribution in [0.15, 0.2) is 36.4 Å². The number of esters is 1. The minimum Gasteiger partial charge on any atom is -0.441 e. The van der Waals surface area contributed by atoms with Gasteiger partial charge in [-0.3, -0.25) is 4.79 Å². The number of carbonyl (C=O) groups is 2. The molecule has 0 aliphatic carbocycles. The topological polar surface area (TPSA) is 179 Å². The Morgan fingerprint density at radius 3 is 2.10 bits per heavy atom. The second-order valence-corrected chi connectivity index (χ2v) is 11.8. The molecule has 0 radical (unpaired) electrons. The van der Waals surface area contributed by atoms with Crippen LogP contribution in [0.5, 0.6) is 5.75 Å². The Labute approximate surface area is 180 Å². The van der Waals surface area contributed by atoms with E-state index in [2.05, 4.69) is 11.9 Å². The van der Waals surface area contributed by atoms with Crippen LogP contribution in [-0.4, -0.2) is 61.6 Å². The molecule has 0 heterocycles. The van der Waals surface area contributed by atoms with Crippen molar-refractivity contribution in [1.82, 2.24) is 9.44 Å². The van der Waals surface area contributed by atoms with Crippen molar-refractivity contribution in [2.24, 2.45) is 0 Å². The van der Waals surface area contributed by atoms with Crippen LogP contribution in [0.25, 0.3) is 0 Å². The molecule has 1 aromatic rings. The van der Waals surface area contributed by atoms with Gasteiger partial charge in [0.1, 0.15) is 5.75 Å². The summed E-state index contributed by atoms with van der Waals surface area (Å²) in [5.41, 5.74) is 0.301. The highest BCUT2D eigenvalue weighted by Crippen LogP contribution is 2.16. The Bertz CT molecular complexity index is 1140. The lowest BCUT2D eigenvalue weighted by Crippen LogP contribution is -2.32. The second-order valence-electron chi connectivity index (χ2n) is 6.26. The lowest BCUT2D eigenvalue weighted by Gasteiger charge is -2.09. The van der Waals surface area contributed by atoms with E-state index in [1.54, 1.807) is 0 Å². The molecule has 0 saturated carbocycles. The fourth-order valence-electron chi connectivity index (χ4n) is 1.93. The van der Waals surface area contributed by atoms with Gasteiger partial charge in [0.15, 0.2) is 6.73 Å². The zero-order valence-electron chi connectivity index (χ0n) is 16.7. The first-order valence-corrected chi connectivity index (χ1v) is 13.6. The predicted molar refractivity (Wildman–Crippen MR) is 110 cm³/mol. The van der Waals surface area contributed by atoms with Crippen LogP contribution in [-0.2, 0) is 39.7 Å². The van der Waals surface area contributed by atoms with Gasteiger partial charge >= 0.3 is 16.1 Å². The monoisotopic (exact) mass is 498 g/mol. The lowest BCUT2D eigenvalue weighted by atomic mass is 10.2. The quantitative estimate of drug-likeness (QED) is 0.165.